The van der Waals surface area contributed by atoms with Crippen LogP contribution >= 0.6 is 0 Å². The van der Waals surface area contributed by atoms with E-state index in [4.69, 9.17) is 5.11 Å². The lowest BCUT2D eigenvalue weighted by Gasteiger charge is -2.04. The lowest BCUT2D eigenvalue weighted by atomic mass is 10.1. The van der Waals surface area contributed by atoms with Crippen molar-refractivity contribution >= 4 is 34.1 Å². The van der Waals surface area contributed by atoms with Gasteiger partial charge in [0.1, 0.15) is 11.4 Å². The molecule has 0 saturated carbocycles. The van der Waals surface area contributed by atoms with Crippen LogP contribution in [0, 0.1) is 0 Å². The summed E-state index contributed by atoms with van der Waals surface area (Å²) in [6.45, 7) is 0. The van der Waals surface area contributed by atoms with Crippen LogP contribution in [0.4, 0.5) is 0 Å². The van der Waals surface area contributed by atoms with Gasteiger partial charge >= 0.3 is 5.97 Å². The van der Waals surface area contributed by atoms with Crippen molar-refractivity contribution < 1.29 is 14.7 Å². The Morgan fingerprint density at radius 3 is 2.16 bits per heavy atom. The zero-order valence-corrected chi connectivity index (χ0v) is 9.70. The van der Waals surface area contributed by atoms with E-state index < -0.39 is 5.97 Å². The highest BCUT2D eigenvalue weighted by Gasteiger charge is 2.09. The van der Waals surface area contributed by atoms with Gasteiger partial charge in [-0.3, -0.25) is 4.79 Å². The minimum Gasteiger partial charge on any atom is -0.477 e. The van der Waals surface area contributed by atoms with Gasteiger partial charge < -0.3 is 5.11 Å². The number of aldehydes is 1. The predicted octanol–water partition coefficient (Wildman–Crippen LogP) is 2.29. The van der Waals surface area contributed by atoms with E-state index in [2.05, 4.69) is 9.97 Å². The first-order valence-corrected chi connectivity index (χ1v) is 5.58. The summed E-state index contributed by atoms with van der Waals surface area (Å²) in [6, 6.07) is 10.2. The Kier molecular flexibility index (Phi) is 2.45. The third kappa shape index (κ3) is 1.81. The van der Waals surface area contributed by atoms with Crippen LogP contribution in [0.2, 0.25) is 0 Å². The highest BCUT2D eigenvalue weighted by atomic mass is 16.4. The van der Waals surface area contributed by atoms with E-state index in [-0.39, 0.29) is 5.69 Å². The molecule has 0 amide bonds. The van der Waals surface area contributed by atoms with E-state index >= 15 is 0 Å². The molecule has 19 heavy (non-hydrogen) atoms. The summed E-state index contributed by atoms with van der Waals surface area (Å²) in [6.07, 6.45) is 0.652. The molecule has 0 bridgehead atoms. The maximum atomic E-state index is 11.0. The Bertz CT molecular complexity index is 827. The topological polar surface area (TPSA) is 80.2 Å². The average molecular weight is 252 g/mol. The number of fused-ring (bicyclic) bond motifs is 3. The summed E-state index contributed by atoms with van der Waals surface area (Å²) >= 11 is 0. The summed E-state index contributed by atoms with van der Waals surface area (Å²) in [5.41, 5.74) is 1.27. The number of rotatable bonds is 2. The number of carboxylic acid groups (broad SMARTS) is 1. The molecule has 5 heteroatoms. The summed E-state index contributed by atoms with van der Waals surface area (Å²) in [4.78, 5) is 30.0. The largest absolute Gasteiger partial charge is 0.477 e. The fourth-order valence-corrected chi connectivity index (χ4v) is 1.97. The van der Waals surface area contributed by atoms with Gasteiger partial charge in [-0.15, -0.1) is 0 Å². The molecule has 1 N–H and O–H groups in total. The predicted molar refractivity (Wildman–Crippen MR) is 69.4 cm³/mol. The fraction of sp³-hybridized carbons (Fsp3) is 0. The van der Waals surface area contributed by atoms with Gasteiger partial charge in [-0.05, 0) is 12.1 Å². The van der Waals surface area contributed by atoms with E-state index in [0.29, 0.717) is 23.0 Å². The summed E-state index contributed by atoms with van der Waals surface area (Å²) in [5.74, 6) is -1.09. The molecule has 1 aromatic carbocycles. The third-order valence-corrected chi connectivity index (χ3v) is 2.88. The Balaban J connectivity index is 2.44. The van der Waals surface area contributed by atoms with Crippen LogP contribution in [0.5, 0.6) is 0 Å². The molecule has 3 aromatic rings. The first-order chi connectivity index (χ1) is 9.19. The highest BCUT2D eigenvalue weighted by molar-refractivity contribution is 6.04. The van der Waals surface area contributed by atoms with Crippen molar-refractivity contribution in [2.24, 2.45) is 0 Å². The Labute approximate surface area is 107 Å². The molecule has 2 heterocycles. The smallest absolute Gasteiger partial charge is 0.354 e. The van der Waals surface area contributed by atoms with Crippen molar-refractivity contribution in [1.29, 1.82) is 0 Å². The number of benzene rings is 1. The lowest BCUT2D eigenvalue weighted by Crippen LogP contribution is -2.00. The van der Waals surface area contributed by atoms with Crippen LogP contribution in [0.1, 0.15) is 21.0 Å². The molecule has 92 valence electrons. The van der Waals surface area contributed by atoms with Gasteiger partial charge in [0.05, 0.1) is 11.0 Å². The molecule has 0 saturated heterocycles. The van der Waals surface area contributed by atoms with Crippen LogP contribution in [-0.2, 0) is 0 Å². The first kappa shape index (κ1) is 11.3. The maximum Gasteiger partial charge on any atom is 0.354 e. The van der Waals surface area contributed by atoms with Gasteiger partial charge in [0.2, 0.25) is 0 Å². The molecule has 5 nitrogen and oxygen atoms in total. The van der Waals surface area contributed by atoms with Crippen molar-refractivity contribution in [3.63, 3.8) is 0 Å². The Morgan fingerprint density at radius 2 is 1.53 bits per heavy atom. The molecule has 0 aliphatic carbocycles. The summed E-state index contributed by atoms with van der Waals surface area (Å²) < 4.78 is 0. The first-order valence-electron chi connectivity index (χ1n) is 5.58. The van der Waals surface area contributed by atoms with Gasteiger partial charge in [0.25, 0.3) is 0 Å². The second-order valence-corrected chi connectivity index (χ2v) is 4.06. The number of carboxylic acids is 1. The number of hydrogen-bond acceptors (Lipinski definition) is 4. The minimum atomic E-state index is -1.09. The van der Waals surface area contributed by atoms with Crippen molar-refractivity contribution in [2.75, 3.05) is 0 Å². The zero-order valence-electron chi connectivity index (χ0n) is 9.70. The van der Waals surface area contributed by atoms with Crippen LogP contribution in [-0.4, -0.2) is 27.3 Å². The second kappa shape index (κ2) is 4.13. The molecule has 0 aliphatic heterocycles. The van der Waals surface area contributed by atoms with Crippen molar-refractivity contribution in [1.82, 2.24) is 9.97 Å². The number of carbonyl (C=O) groups is 2. The normalized spacial score (nSPS) is 10.7. The molecule has 0 fully saturated rings. The van der Waals surface area contributed by atoms with E-state index in [1.807, 2.05) is 12.1 Å². The van der Waals surface area contributed by atoms with Gasteiger partial charge in [0.15, 0.2) is 6.29 Å². The molecular formula is C14H8N2O3. The number of aromatic nitrogens is 2. The third-order valence-electron chi connectivity index (χ3n) is 2.88. The molecule has 3 rings (SSSR count). The van der Waals surface area contributed by atoms with E-state index in [0.717, 1.165) is 10.8 Å². The molecule has 0 radical (unpaired) electrons. The molecule has 0 aliphatic rings. The van der Waals surface area contributed by atoms with Crippen molar-refractivity contribution in [2.45, 2.75) is 0 Å². The standard InChI is InChI=1S/C14H8N2O3/c17-7-10-5-3-8-1-2-9-4-6-11(14(18)19)16-13(9)12(8)15-10/h1-7H,(H,18,19). The maximum absolute atomic E-state index is 11.0. The molecule has 0 atom stereocenters. The van der Waals surface area contributed by atoms with E-state index in [9.17, 15) is 9.59 Å². The fourth-order valence-electron chi connectivity index (χ4n) is 1.97. The zero-order chi connectivity index (χ0) is 13.4. The average Bonchev–Trinajstić information content (AvgIpc) is 2.45. The quantitative estimate of drug-likeness (QED) is 0.559. The molecular weight excluding hydrogens is 244 g/mol. The number of nitrogens with zero attached hydrogens (tertiary/aromatic N) is 2. The van der Waals surface area contributed by atoms with Crippen LogP contribution in [0.25, 0.3) is 21.8 Å². The number of pyridine rings is 2. The monoisotopic (exact) mass is 252 g/mol. The Hall–Kier alpha value is -2.82. The van der Waals surface area contributed by atoms with Crippen molar-refractivity contribution in [3.8, 4) is 0 Å². The minimum absolute atomic E-state index is 0.0432. The lowest BCUT2D eigenvalue weighted by molar-refractivity contribution is 0.0691. The van der Waals surface area contributed by atoms with Crippen LogP contribution in [0.15, 0.2) is 36.4 Å². The van der Waals surface area contributed by atoms with Gasteiger partial charge in [0, 0.05) is 10.8 Å². The second-order valence-electron chi connectivity index (χ2n) is 4.06. The number of hydrogen-bond donors (Lipinski definition) is 1. The molecule has 0 unspecified atom stereocenters. The van der Waals surface area contributed by atoms with E-state index in [1.54, 1.807) is 18.2 Å². The highest BCUT2D eigenvalue weighted by Crippen LogP contribution is 2.22. The summed E-state index contributed by atoms with van der Waals surface area (Å²) in [5, 5.41) is 10.6. The Morgan fingerprint density at radius 1 is 0.947 bits per heavy atom. The number of carbonyl (C=O) groups excluding carboxylic acids is 1. The number of aromatic carboxylic acids is 1. The van der Waals surface area contributed by atoms with Gasteiger partial charge in [-0.25, -0.2) is 14.8 Å². The van der Waals surface area contributed by atoms with Crippen LogP contribution < -0.4 is 0 Å². The summed E-state index contributed by atoms with van der Waals surface area (Å²) in [7, 11) is 0. The van der Waals surface area contributed by atoms with Crippen molar-refractivity contribution in [3.05, 3.63) is 47.8 Å². The SMILES string of the molecule is O=Cc1ccc2ccc3ccc(C(=O)O)nc3c2n1. The van der Waals surface area contributed by atoms with Gasteiger partial charge in [-0.2, -0.15) is 0 Å². The molecule has 2 aromatic heterocycles. The van der Waals surface area contributed by atoms with Gasteiger partial charge in [-0.1, -0.05) is 24.3 Å². The van der Waals surface area contributed by atoms with E-state index in [1.165, 1.54) is 6.07 Å². The molecule has 0 spiro atoms. The van der Waals surface area contributed by atoms with Crippen LogP contribution in [0.3, 0.4) is 0 Å².